The van der Waals surface area contributed by atoms with Crippen molar-refractivity contribution in [2.75, 3.05) is 32.8 Å². The zero-order valence-corrected chi connectivity index (χ0v) is 11.5. The maximum Gasteiger partial charge on any atom is 0.310 e. The van der Waals surface area contributed by atoms with E-state index in [-0.39, 0.29) is 0 Å². The van der Waals surface area contributed by atoms with E-state index >= 15 is 0 Å². The van der Waals surface area contributed by atoms with Crippen LogP contribution in [0.25, 0.3) is 0 Å². The molecule has 0 aliphatic carbocycles. The molecule has 18 heavy (non-hydrogen) atoms. The quantitative estimate of drug-likeness (QED) is 0.664. The molecule has 1 saturated heterocycles. The van der Waals surface area contributed by atoms with E-state index in [0.29, 0.717) is 19.2 Å². The number of aliphatic carboxylic acids is 1. The Balaban J connectivity index is 2.25. The van der Waals surface area contributed by atoms with Gasteiger partial charge in [0.2, 0.25) is 0 Å². The van der Waals surface area contributed by atoms with Crippen molar-refractivity contribution in [3.63, 3.8) is 0 Å². The fraction of sp³-hybridized carbons (Fsp3) is 0.923. The maximum absolute atomic E-state index is 11.1. The van der Waals surface area contributed by atoms with Crippen molar-refractivity contribution in [2.24, 2.45) is 11.1 Å². The Labute approximate surface area is 109 Å². The number of hydrogen-bond donors (Lipinski definition) is 2. The third kappa shape index (κ3) is 4.92. The first-order valence-corrected chi connectivity index (χ1v) is 6.73. The highest BCUT2D eigenvalue weighted by molar-refractivity contribution is 5.73. The molecule has 0 aromatic rings. The topological polar surface area (TPSA) is 75.8 Å². The van der Waals surface area contributed by atoms with Crippen molar-refractivity contribution in [3.8, 4) is 0 Å². The monoisotopic (exact) mass is 258 g/mol. The molecule has 0 aromatic carbocycles. The molecule has 1 heterocycles. The third-order valence-corrected chi connectivity index (χ3v) is 3.43. The number of carboxylic acid groups (broad SMARTS) is 1. The second kappa shape index (κ2) is 7.07. The van der Waals surface area contributed by atoms with Crippen molar-refractivity contribution in [1.29, 1.82) is 0 Å². The summed E-state index contributed by atoms with van der Waals surface area (Å²) in [7, 11) is 0. The Morgan fingerprint density at radius 3 is 2.56 bits per heavy atom. The molecule has 1 fully saturated rings. The predicted octanol–water partition coefficient (Wildman–Crippen LogP) is 0.927. The van der Waals surface area contributed by atoms with Crippen LogP contribution in [0.15, 0.2) is 0 Å². The summed E-state index contributed by atoms with van der Waals surface area (Å²) in [6, 6.07) is 0. The Bertz CT molecular complexity index is 261. The van der Waals surface area contributed by atoms with Crippen molar-refractivity contribution in [1.82, 2.24) is 4.90 Å². The van der Waals surface area contributed by atoms with Crippen LogP contribution in [-0.2, 0) is 9.53 Å². The lowest BCUT2D eigenvalue weighted by molar-refractivity contribution is -0.148. The molecule has 0 aromatic heterocycles. The van der Waals surface area contributed by atoms with Gasteiger partial charge >= 0.3 is 5.97 Å². The molecular weight excluding hydrogens is 232 g/mol. The Morgan fingerprint density at radius 1 is 1.44 bits per heavy atom. The Morgan fingerprint density at radius 2 is 2.06 bits per heavy atom. The highest BCUT2D eigenvalue weighted by Crippen LogP contribution is 2.21. The van der Waals surface area contributed by atoms with Crippen LogP contribution in [0, 0.1) is 5.41 Å². The smallest absolute Gasteiger partial charge is 0.310 e. The molecule has 0 bridgehead atoms. The molecule has 0 unspecified atom stereocenters. The van der Waals surface area contributed by atoms with Gasteiger partial charge in [0.1, 0.15) is 0 Å². The molecular formula is C13H26N2O3. The summed E-state index contributed by atoms with van der Waals surface area (Å²) in [5.41, 5.74) is 4.75. The van der Waals surface area contributed by atoms with Gasteiger partial charge in [-0.2, -0.15) is 0 Å². The average molecular weight is 258 g/mol. The number of hydrogen-bond acceptors (Lipinski definition) is 4. The van der Waals surface area contributed by atoms with Crippen LogP contribution >= 0.6 is 0 Å². The van der Waals surface area contributed by atoms with Gasteiger partial charge in [-0.25, -0.2) is 0 Å². The fourth-order valence-electron chi connectivity index (χ4n) is 2.19. The van der Waals surface area contributed by atoms with Crippen molar-refractivity contribution >= 4 is 5.97 Å². The lowest BCUT2D eigenvalue weighted by atomic mass is 9.92. The minimum Gasteiger partial charge on any atom is -0.481 e. The van der Waals surface area contributed by atoms with Crippen LogP contribution in [0.2, 0.25) is 0 Å². The fourth-order valence-corrected chi connectivity index (χ4v) is 2.19. The van der Waals surface area contributed by atoms with E-state index in [4.69, 9.17) is 15.6 Å². The summed E-state index contributed by atoms with van der Waals surface area (Å²) in [6.07, 6.45) is 3.20. The predicted molar refractivity (Wildman–Crippen MR) is 70.5 cm³/mol. The van der Waals surface area contributed by atoms with Crippen LogP contribution in [-0.4, -0.2) is 54.9 Å². The summed E-state index contributed by atoms with van der Waals surface area (Å²) in [4.78, 5) is 13.3. The van der Waals surface area contributed by atoms with Crippen molar-refractivity contribution < 1.29 is 14.6 Å². The summed E-state index contributed by atoms with van der Waals surface area (Å²) < 4.78 is 5.73. The van der Waals surface area contributed by atoms with Crippen molar-refractivity contribution in [3.05, 3.63) is 0 Å². The lowest BCUT2D eigenvalue weighted by Crippen LogP contribution is -2.44. The molecule has 106 valence electrons. The molecule has 0 spiro atoms. The Kier molecular flexibility index (Phi) is 6.05. The maximum atomic E-state index is 11.1. The standard InChI is InChI=1S/C13H26N2O3/c1-13(2,12(16)17)10-15-7-4-11(5-8-15)18-9-3-6-14/h11H,3-10,14H2,1-2H3,(H,16,17). The van der Waals surface area contributed by atoms with Crippen LogP contribution < -0.4 is 5.73 Å². The number of likely N-dealkylation sites (tertiary alicyclic amines) is 1. The van der Waals surface area contributed by atoms with E-state index < -0.39 is 11.4 Å². The van der Waals surface area contributed by atoms with Gasteiger partial charge in [0, 0.05) is 26.2 Å². The number of nitrogens with zero attached hydrogens (tertiary/aromatic N) is 1. The zero-order valence-electron chi connectivity index (χ0n) is 11.5. The summed E-state index contributed by atoms with van der Waals surface area (Å²) in [5.74, 6) is -0.733. The van der Waals surface area contributed by atoms with Gasteiger partial charge in [-0.05, 0) is 39.7 Å². The van der Waals surface area contributed by atoms with E-state index in [0.717, 1.165) is 39.0 Å². The molecule has 5 heteroatoms. The van der Waals surface area contributed by atoms with Gasteiger partial charge < -0.3 is 20.5 Å². The van der Waals surface area contributed by atoms with Crippen LogP contribution in [0.5, 0.6) is 0 Å². The minimum absolute atomic E-state index is 0.320. The lowest BCUT2D eigenvalue weighted by Gasteiger charge is -2.35. The van der Waals surface area contributed by atoms with Gasteiger partial charge in [0.05, 0.1) is 11.5 Å². The average Bonchev–Trinajstić information content (AvgIpc) is 2.31. The van der Waals surface area contributed by atoms with Crippen LogP contribution in [0.1, 0.15) is 33.1 Å². The normalized spacial score (nSPS) is 19.1. The number of ether oxygens (including phenoxy) is 1. The molecule has 1 rings (SSSR count). The van der Waals surface area contributed by atoms with Gasteiger partial charge in [-0.15, -0.1) is 0 Å². The van der Waals surface area contributed by atoms with Gasteiger partial charge in [0.25, 0.3) is 0 Å². The second-order valence-corrected chi connectivity index (χ2v) is 5.68. The molecule has 5 nitrogen and oxygen atoms in total. The van der Waals surface area contributed by atoms with Gasteiger partial charge in [0.15, 0.2) is 0 Å². The highest BCUT2D eigenvalue weighted by atomic mass is 16.5. The molecule has 0 atom stereocenters. The largest absolute Gasteiger partial charge is 0.481 e. The summed E-state index contributed by atoms with van der Waals surface area (Å²) in [5, 5.41) is 9.10. The summed E-state index contributed by atoms with van der Waals surface area (Å²) in [6.45, 7) is 7.41. The van der Waals surface area contributed by atoms with E-state index in [1.807, 2.05) is 0 Å². The first kappa shape index (κ1) is 15.4. The minimum atomic E-state index is -0.733. The number of nitrogens with two attached hydrogens (primary N) is 1. The van der Waals surface area contributed by atoms with Gasteiger partial charge in [-0.1, -0.05) is 0 Å². The van der Waals surface area contributed by atoms with Crippen molar-refractivity contribution in [2.45, 2.75) is 39.2 Å². The van der Waals surface area contributed by atoms with E-state index in [1.54, 1.807) is 13.8 Å². The molecule has 1 aliphatic rings. The molecule has 1 aliphatic heterocycles. The van der Waals surface area contributed by atoms with E-state index in [2.05, 4.69) is 4.90 Å². The number of carbonyl (C=O) groups is 1. The van der Waals surface area contributed by atoms with E-state index in [1.165, 1.54) is 0 Å². The third-order valence-electron chi connectivity index (χ3n) is 3.43. The SMILES string of the molecule is CC(C)(CN1CCC(OCCCN)CC1)C(=O)O. The molecule has 0 saturated carbocycles. The van der Waals surface area contributed by atoms with Crippen LogP contribution in [0.4, 0.5) is 0 Å². The second-order valence-electron chi connectivity index (χ2n) is 5.68. The molecule has 0 amide bonds. The molecule has 3 N–H and O–H groups in total. The van der Waals surface area contributed by atoms with E-state index in [9.17, 15) is 4.79 Å². The number of rotatable bonds is 7. The Hall–Kier alpha value is -0.650. The first-order chi connectivity index (χ1) is 8.45. The number of carboxylic acids is 1. The highest BCUT2D eigenvalue weighted by Gasteiger charge is 2.31. The van der Waals surface area contributed by atoms with Crippen LogP contribution in [0.3, 0.4) is 0 Å². The number of piperidine rings is 1. The van der Waals surface area contributed by atoms with Gasteiger partial charge in [-0.3, -0.25) is 4.79 Å². The zero-order chi connectivity index (χ0) is 13.6. The first-order valence-electron chi connectivity index (χ1n) is 6.73. The molecule has 0 radical (unpaired) electrons. The summed E-state index contributed by atoms with van der Waals surface area (Å²) >= 11 is 0.